The fraction of sp³-hybridized carbons (Fsp3) is 0.292. The quantitative estimate of drug-likeness (QED) is 0.182. The predicted molar refractivity (Wildman–Crippen MR) is 144 cm³/mol. The van der Waals surface area contributed by atoms with Crippen molar-refractivity contribution < 1.29 is 0 Å². The molecule has 2 heterocycles. The van der Waals surface area contributed by atoms with Gasteiger partial charge in [0.25, 0.3) is 0 Å². The van der Waals surface area contributed by atoms with Gasteiger partial charge in [-0.3, -0.25) is 4.99 Å². The maximum absolute atomic E-state index is 4.35. The van der Waals surface area contributed by atoms with Crippen LogP contribution in [0, 0.1) is 0 Å². The molecular weight excluding hydrogens is 541 g/mol. The largest absolute Gasteiger partial charge is 0.355 e. The Morgan fingerprint density at radius 3 is 2.59 bits per heavy atom. The minimum Gasteiger partial charge on any atom is -0.355 e. The van der Waals surface area contributed by atoms with Gasteiger partial charge in [0, 0.05) is 33.1 Å². The van der Waals surface area contributed by atoms with Crippen molar-refractivity contribution >= 4 is 29.9 Å². The van der Waals surface area contributed by atoms with Gasteiger partial charge in [0.05, 0.1) is 6.54 Å². The zero-order chi connectivity index (χ0) is 22.9. The highest BCUT2D eigenvalue weighted by Crippen LogP contribution is 2.24. The average Bonchev–Trinajstić information content (AvgIpc) is 3.54. The number of rotatable bonds is 9. The summed E-state index contributed by atoms with van der Waals surface area (Å²) in [7, 11) is 1.78. The van der Waals surface area contributed by atoms with Crippen molar-refractivity contribution in [2.75, 3.05) is 13.6 Å². The molecule has 0 saturated carbocycles. The Labute approximate surface area is 216 Å². The van der Waals surface area contributed by atoms with Crippen LogP contribution in [0.25, 0.3) is 11.1 Å². The number of aliphatic imine (C=N–C) groups is 1. The predicted octanol–water partition coefficient (Wildman–Crippen LogP) is 3.13. The Bertz CT molecular complexity index is 1170. The van der Waals surface area contributed by atoms with Crippen LogP contribution in [0.5, 0.6) is 0 Å². The third-order valence-corrected chi connectivity index (χ3v) is 5.42. The summed E-state index contributed by atoms with van der Waals surface area (Å²) in [6, 6.07) is 17.0. The zero-order valence-electron chi connectivity index (χ0n) is 19.4. The van der Waals surface area contributed by atoms with E-state index in [4.69, 9.17) is 0 Å². The van der Waals surface area contributed by atoms with E-state index in [2.05, 4.69) is 95.9 Å². The number of halogens is 1. The standard InChI is InChI=1S/C24H29N9.HI/c1-3-23-31-29-18-32(23)13-12-27-24(25-2)28-14-21-6-4-5-7-22(21)20-10-8-19(9-11-20)15-33-17-26-16-30-33;/h4-11,16-18H,3,12-15H2,1-2H3,(H2,25,27,28);1H. The molecule has 0 saturated heterocycles. The van der Waals surface area contributed by atoms with E-state index in [-0.39, 0.29) is 24.0 Å². The molecule has 0 aliphatic carbocycles. The Morgan fingerprint density at radius 2 is 1.85 bits per heavy atom. The van der Waals surface area contributed by atoms with Gasteiger partial charge in [0.15, 0.2) is 5.96 Å². The number of hydrogen-bond acceptors (Lipinski definition) is 5. The van der Waals surface area contributed by atoms with Crippen LogP contribution in [0.3, 0.4) is 0 Å². The van der Waals surface area contributed by atoms with E-state index in [1.807, 2.05) is 4.68 Å². The summed E-state index contributed by atoms with van der Waals surface area (Å²) in [5.74, 6) is 1.75. The van der Waals surface area contributed by atoms with Crippen molar-refractivity contribution in [2.45, 2.75) is 33.0 Å². The van der Waals surface area contributed by atoms with Gasteiger partial charge < -0.3 is 15.2 Å². The molecule has 9 nitrogen and oxygen atoms in total. The Morgan fingerprint density at radius 1 is 1.03 bits per heavy atom. The Kier molecular flexibility index (Phi) is 9.56. The average molecular weight is 571 g/mol. The lowest BCUT2D eigenvalue weighted by molar-refractivity contribution is 0.632. The van der Waals surface area contributed by atoms with Crippen LogP contribution < -0.4 is 10.6 Å². The lowest BCUT2D eigenvalue weighted by Crippen LogP contribution is -2.38. The highest BCUT2D eigenvalue weighted by atomic mass is 127. The summed E-state index contributed by atoms with van der Waals surface area (Å²) in [6.07, 6.45) is 5.91. The first kappa shape index (κ1) is 25.3. The third-order valence-electron chi connectivity index (χ3n) is 5.42. The molecule has 0 aliphatic heterocycles. The Balaban J connectivity index is 0.00000324. The van der Waals surface area contributed by atoms with Crippen molar-refractivity contribution in [2.24, 2.45) is 4.99 Å². The maximum atomic E-state index is 4.35. The molecule has 0 unspecified atom stereocenters. The molecule has 0 spiro atoms. The molecule has 34 heavy (non-hydrogen) atoms. The van der Waals surface area contributed by atoms with Gasteiger partial charge in [-0.25, -0.2) is 9.67 Å². The molecule has 2 aromatic carbocycles. The van der Waals surface area contributed by atoms with Crippen molar-refractivity contribution in [3.8, 4) is 11.1 Å². The van der Waals surface area contributed by atoms with Gasteiger partial charge in [-0.15, -0.1) is 34.2 Å². The van der Waals surface area contributed by atoms with Crippen LogP contribution >= 0.6 is 24.0 Å². The van der Waals surface area contributed by atoms with Gasteiger partial charge in [0.1, 0.15) is 24.8 Å². The SMILES string of the molecule is CCc1nncn1CCNC(=NC)NCc1ccccc1-c1ccc(Cn2cncn2)cc1.I. The third kappa shape index (κ3) is 6.62. The molecule has 0 fully saturated rings. The van der Waals surface area contributed by atoms with Crippen LogP contribution in [-0.2, 0) is 26.1 Å². The second kappa shape index (κ2) is 12.8. The highest BCUT2D eigenvalue weighted by molar-refractivity contribution is 14.0. The molecule has 2 N–H and O–H groups in total. The first-order valence-corrected chi connectivity index (χ1v) is 11.1. The number of guanidine groups is 1. The van der Waals surface area contributed by atoms with E-state index in [0.717, 1.165) is 31.3 Å². The number of hydrogen-bond donors (Lipinski definition) is 2. The van der Waals surface area contributed by atoms with E-state index in [9.17, 15) is 0 Å². The number of aromatic nitrogens is 6. The first-order valence-electron chi connectivity index (χ1n) is 11.1. The smallest absolute Gasteiger partial charge is 0.191 e. The number of nitrogens with zero attached hydrogens (tertiary/aromatic N) is 7. The normalized spacial score (nSPS) is 11.2. The molecule has 0 bridgehead atoms. The molecular formula is C24H30IN9. The lowest BCUT2D eigenvalue weighted by atomic mass is 9.98. The Hall–Kier alpha value is -3.28. The van der Waals surface area contributed by atoms with E-state index in [1.165, 1.54) is 22.3 Å². The number of benzene rings is 2. The minimum atomic E-state index is 0. The molecule has 4 rings (SSSR count). The molecule has 2 aromatic heterocycles. The minimum absolute atomic E-state index is 0. The fourth-order valence-electron chi connectivity index (χ4n) is 3.68. The van der Waals surface area contributed by atoms with Crippen LogP contribution in [0.15, 0.2) is 72.5 Å². The van der Waals surface area contributed by atoms with Gasteiger partial charge in [-0.2, -0.15) is 5.10 Å². The highest BCUT2D eigenvalue weighted by Gasteiger charge is 2.07. The fourth-order valence-corrected chi connectivity index (χ4v) is 3.68. The van der Waals surface area contributed by atoms with Gasteiger partial charge in [-0.05, 0) is 22.3 Å². The van der Waals surface area contributed by atoms with Crippen molar-refractivity contribution in [3.05, 3.63) is 84.5 Å². The van der Waals surface area contributed by atoms with Crippen molar-refractivity contribution in [1.29, 1.82) is 0 Å². The topological polar surface area (TPSA) is 97.8 Å². The summed E-state index contributed by atoms with van der Waals surface area (Å²) in [6.45, 7) is 4.98. The summed E-state index contributed by atoms with van der Waals surface area (Å²) >= 11 is 0. The summed E-state index contributed by atoms with van der Waals surface area (Å²) in [5.41, 5.74) is 4.77. The van der Waals surface area contributed by atoms with E-state index in [1.54, 1.807) is 26.0 Å². The van der Waals surface area contributed by atoms with Gasteiger partial charge >= 0.3 is 0 Å². The molecule has 0 atom stereocenters. The van der Waals surface area contributed by atoms with Gasteiger partial charge in [-0.1, -0.05) is 55.5 Å². The molecule has 0 amide bonds. The van der Waals surface area contributed by atoms with E-state index < -0.39 is 0 Å². The first-order chi connectivity index (χ1) is 16.3. The molecule has 4 aromatic rings. The van der Waals surface area contributed by atoms with Crippen LogP contribution in [0.1, 0.15) is 23.9 Å². The molecule has 10 heteroatoms. The number of aryl methyl sites for hydroxylation is 1. The van der Waals surface area contributed by atoms with E-state index >= 15 is 0 Å². The van der Waals surface area contributed by atoms with E-state index in [0.29, 0.717) is 13.1 Å². The van der Waals surface area contributed by atoms with Crippen molar-refractivity contribution in [3.63, 3.8) is 0 Å². The lowest BCUT2D eigenvalue weighted by Gasteiger charge is -2.15. The monoisotopic (exact) mass is 571 g/mol. The van der Waals surface area contributed by atoms with Crippen LogP contribution in [0.2, 0.25) is 0 Å². The van der Waals surface area contributed by atoms with Crippen molar-refractivity contribution in [1.82, 2.24) is 40.2 Å². The second-order valence-corrected chi connectivity index (χ2v) is 7.59. The summed E-state index contributed by atoms with van der Waals surface area (Å²) < 4.78 is 3.87. The summed E-state index contributed by atoms with van der Waals surface area (Å²) in [4.78, 5) is 8.35. The zero-order valence-corrected chi connectivity index (χ0v) is 21.8. The van der Waals surface area contributed by atoms with Crippen LogP contribution in [-0.4, -0.2) is 49.1 Å². The van der Waals surface area contributed by atoms with Gasteiger partial charge in [0.2, 0.25) is 0 Å². The second-order valence-electron chi connectivity index (χ2n) is 7.59. The maximum Gasteiger partial charge on any atom is 0.191 e. The molecule has 178 valence electrons. The molecule has 0 aliphatic rings. The van der Waals surface area contributed by atoms with Crippen LogP contribution in [0.4, 0.5) is 0 Å². The number of nitrogens with one attached hydrogen (secondary N) is 2. The molecule has 0 radical (unpaired) electrons. The summed E-state index contributed by atoms with van der Waals surface area (Å²) in [5, 5.41) is 19.1.